The van der Waals surface area contributed by atoms with Crippen LogP contribution in [0, 0.1) is 5.92 Å². The lowest BCUT2D eigenvalue weighted by atomic mass is 9.82. The number of carbonyl (C=O) groups excluding carboxylic acids is 1. The maximum Gasteiger partial charge on any atom is 0.135 e. The third-order valence-electron chi connectivity index (χ3n) is 3.12. The van der Waals surface area contributed by atoms with Gasteiger partial charge >= 0.3 is 0 Å². The average Bonchev–Trinajstić information content (AvgIpc) is 2.24. The fourth-order valence-electron chi connectivity index (χ4n) is 2.20. The molecule has 2 unspecified atom stereocenters. The highest BCUT2D eigenvalue weighted by Gasteiger charge is 2.27. The molecule has 0 saturated heterocycles. The van der Waals surface area contributed by atoms with E-state index in [1.54, 1.807) is 0 Å². The number of Topliss-reactive ketones (excluding diaryl/α,β-unsaturated/α-hetero) is 1. The highest BCUT2D eigenvalue weighted by atomic mass is 16.3. The fourth-order valence-corrected chi connectivity index (χ4v) is 2.20. The van der Waals surface area contributed by atoms with Crippen molar-refractivity contribution in [2.75, 3.05) is 0 Å². The van der Waals surface area contributed by atoms with Gasteiger partial charge in [-0.05, 0) is 24.3 Å². The van der Waals surface area contributed by atoms with Gasteiger partial charge in [-0.3, -0.25) is 4.79 Å². The molecule has 0 heterocycles. The van der Waals surface area contributed by atoms with Crippen LogP contribution in [0.25, 0.3) is 0 Å². The number of aliphatic hydroxyl groups is 1. The highest BCUT2D eigenvalue weighted by molar-refractivity contribution is 5.79. The Hall–Kier alpha value is -1.15. The molecule has 1 saturated carbocycles. The SMILES string of the molecule is O=C1CCC(Cc2ccccc2)C(O)C1. The zero-order valence-corrected chi connectivity index (χ0v) is 8.73. The Bertz CT molecular complexity index is 332. The number of rotatable bonds is 2. The van der Waals surface area contributed by atoms with Crippen LogP contribution in [0.3, 0.4) is 0 Å². The normalized spacial score (nSPS) is 26.6. The van der Waals surface area contributed by atoms with E-state index in [1.165, 1.54) is 5.56 Å². The van der Waals surface area contributed by atoms with Crippen LogP contribution in [-0.4, -0.2) is 17.0 Å². The van der Waals surface area contributed by atoms with Crippen molar-refractivity contribution in [1.29, 1.82) is 0 Å². The summed E-state index contributed by atoms with van der Waals surface area (Å²) in [7, 11) is 0. The molecule has 1 aromatic rings. The lowest BCUT2D eigenvalue weighted by Crippen LogP contribution is -2.30. The zero-order valence-electron chi connectivity index (χ0n) is 8.73. The van der Waals surface area contributed by atoms with E-state index in [-0.39, 0.29) is 11.7 Å². The van der Waals surface area contributed by atoms with Gasteiger partial charge in [0.05, 0.1) is 6.10 Å². The van der Waals surface area contributed by atoms with Gasteiger partial charge in [0.1, 0.15) is 5.78 Å². The van der Waals surface area contributed by atoms with Gasteiger partial charge in [-0.25, -0.2) is 0 Å². The number of ketones is 1. The molecule has 1 aliphatic rings. The van der Waals surface area contributed by atoms with Crippen LogP contribution >= 0.6 is 0 Å². The quantitative estimate of drug-likeness (QED) is 0.799. The van der Waals surface area contributed by atoms with Crippen molar-refractivity contribution < 1.29 is 9.90 Å². The molecule has 0 amide bonds. The molecule has 15 heavy (non-hydrogen) atoms. The lowest BCUT2D eigenvalue weighted by molar-refractivity contribution is -0.124. The summed E-state index contributed by atoms with van der Waals surface area (Å²) in [6.45, 7) is 0. The summed E-state index contributed by atoms with van der Waals surface area (Å²) in [6.07, 6.45) is 2.25. The second-order valence-corrected chi connectivity index (χ2v) is 4.30. The fraction of sp³-hybridized carbons (Fsp3) is 0.462. The summed E-state index contributed by atoms with van der Waals surface area (Å²) in [4.78, 5) is 11.1. The zero-order chi connectivity index (χ0) is 10.7. The molecule has 1 fully saturated rings. The first-order chi connectivity index (χ1) is 7.25. The Balaban J connectivity index is 1.98. The third kappa shape index (κ3) is 2.66. The van der Waals surface area contributed by atoms with Gasteiger partial charge in [-0.15, -0.1) is 0 Å². The Morgan fingerprint density at radius 3 is 2.67 bits per heavy atom. The molecule has 2 rings (SSSR count). The van der Waals surface area contributed by atoms with Crippen molar-refractivity contribution in [3.05, 3.63) is 35.9 Å². The van der Waals surface area contributed by atoms with Crippen LogP contribution in [0.4, 0.5) is 0 Å². The van der Waals surface area contributed by atoms with Crippen molar-refractivity contribution >= 4 is 5.78 Å². The van der Waals surface area contributed by atoms with Crippen LogP contribution in [0.15, 0.2) is 30.3 Å². The van der Waals surface area contributed by atoms with E-state index in [0.29, 0.717) is 12.8 Å². The highest BCUT2D eigenvalue weighted by Crippen LogP contribution is 2.25. The first-order valence-electron chi connectivity index (χ1n) is 5.49. The monoisotopic (exact) mass is 204 g/mol. The van der Waals surface area contributed by atoms with Crippen LogP contribution in [0.2, 0.25) is 0 Å². The summed E-state index contributed by atoms with van der Waals surface area (Å²) < 4.78 is 0. The molecule has 1 N–H and O–H groups in total. The molecule has 0 aliphatic heterocycles. The number of hydrogen-bond donors (Lipinski definition) is 1. The minimum atomic E-state index is -0.438. The molecule has 2 heteroatoms. The molecule has 0 radical (unpaired) electrons. The molecule has 0 bridgehead atoms. The molecule has 0 aromatic heterocycles. The minimum absolute atomic E-state index is 0.201. The molecular formula is C13H16O2. The van der Waals surface area contributed by atoms with Gasteiger partial charge in [0.25, 0.3) is 0 Å². The van der Waals surface area contributed by atoms with Gasteiger partial charge in [-0.2, -0.15) is 0 Å². The van der Waals surface area contributed by atoms with Crippen molar-refractivity contribution in [2.45, 2.75) is 31.8 Å². The number of benzene rings is 1. The van der Waals surface area contributed by atoms with Gasteiger partial charge in [0.2, 0.25) is 0 Å². The van der Waals surface area contributed by atoms with E-state index >= 15 is 0 Å². The van der Waals surface area contributed by atoms with E-state index in [0.717, 1.165) is 12.8 Å². The Kier molecular flexibility index (Phi) is 3.17. The predicted molar refractivity (Wildman–Crippen MR) is 58.5 cm³/mol. The second kappa shape index (κ2) is 4.58. The lowest BCUT2D eigenvalue weighted by Gasteiger charge is -2.26. The minimum Gasteiger partial charge on any atom is -0.392 e. The van der Waals surface area contributed by atoms with Gasteiger partial charge in [0, 0.05) is 12.8 Å². The van der Waals surface area contributed by atoms with E-state index in [2.05, 4.69) is 12.1 Å². The van der Waals surface area contributed by atoms with E-state index in [1.807, 2.05) is 18.2 Å². The maximum atomic E-state index is 11.1. The summed E-state index contributed by atoms with van der Waals surface area (Å²) in [5.74, 6) is 0.455. The molecule has 1 aliphatic carbocycles. The molecule has 0 spiro atoms. The second-order valence-electron chi connectivity index (χ2n) is 4.30. The topological polar surface area (TPSA) is 37.3 Å². The van der Waals surface area contributed by atoms with Crippen LogP contribution < -0.4 is 0 Å². The molecule has 2 atom stereocenters. The third-order valence-corrected chi connectivity index (χ3v) is 3.12. The number of hydrogen-bond acceptors (Lipinski definition) is 2. The molecule has 2 nitrogen and oxygen atoms in total. The number of aliphatic hydroxyl groups excluding tert-OH is 1. The van der Waals surface area contributed by atoms with Crippen LogP contribution in [-0.2, 0) is 11.2 Å². The Morgan fingerprint density at radius 2 is 2.00 bits per heavy atom. The Labute approximate surface area is 89.9 Å². The molecule has 1 aromatic carbocycles. The Morgan fingerprint density at radius 1 is 1.27 bits per heavy atom. The van der Waals surface area contributed by atoms with Crippen LogP contribution in [0.5, 0.6) is 0 Å². The first-order valence-corrected chi connectivity index (χ1v) is 5.49. The average molecular weight is 204 g/mol. The smallest absolute Gasteiger partial charge is 0.135 e. The van der Waals surface area contributed by atoms with E-state index in [9.17, 15) is 9.90 Å². The van der Waals surface area contributed by atoms with Crippen molar-refractivity contribution in [2.24, 2.45) is 5.92 Å². The van der Waals surface area contributed by atoms with E-state index < -0.39 is 6.10 Å². The molecular weight excluding hydrogens is 188 g/mol. The largest absolute Gasteiger partial charge is 0.392 e. The summed E-state index contributed by atoms with van der Waals surface area (Å²) >= 11 is 0. The summed E-state index contributed by atoms with van der Waals surface area (Å²) in [6, 6.07) is 10.2. The number of carbonyl (C=O) groups is 1. The van der Waals surface area contributed by atoms with Gasteiger partial charge in [0.15, 0.2) is 0 Å². The van der Waals surface area contributed by atoms with Gasteiger partial charge < -0.3 is 5.11 Å². The van der Waals surface area contributed by atoms with Crippen molar-refractivity contribution in [3.8, 4) is 0 Å². The van der Waals surface area contributed by atoms with E-state index in [4.69, 9.17) is 0 Å². The maximum absolute atomic E-state index is 11.1. The van der Waals surface area contributed by atoms with Crippen molar-refractivity contribution in [3.63, 3.8) is 0 Å². The predicted octanol–water partition coefficient (Wildman–Crippen LogP) is 1.96. The van der Waals surface area contributed by atoms with Crippen molar-refractivity contribution in [1.82, 2.24) is 0 Å². The summed E-state index contributed by atoms with van der Waals surface area (Å²) in [5.41, 5.74) is 1.25. The standard InChI is InChI=1S/C13H16O2/c14-12-7-6-11(13(15)9-12)8-10-4-2-1-3-5-10/h1-5,11,13,15H,6-9H2. The molecule has 80 valence electrons. The first kappa shape index (κ1) is 10.4. The van der Waals surface area contributed by atoms with Gasteiger partial charge in [-0.1, -0.05) is 30.3 Å². The summed E-state index contributed by atoms with van der Waals surface area (Å²) in [5, 5.41) is 9.78. The van der Waals surface area contributed by atoms with Crippen LogP contribution in [0.1, 0.15) is 24.8 Å².